The quantitative estimate of drug-likeness (QED) is 0.426. The first-order valence-electron chi connectivity index (χ1n) is 10.2. The highest BCUT2D eigenvalue weighted by molar-refractivity contribution is 7.92. The number of amides is 1. The zero-order valence-electron chi connectivity index (χ0n) is 19.1. The predicted octanol–water partition coefficient (Wildman–Crippen LogP) is 3.98. The lowest BCUT2D eigenvalue weighted by Gasteiger charge is -2.26. The molecule has 0 aliphatic rings. The summed E-state index contributed by atoms with van der Waals surface area (Å²) in [7, 11) is -0.113. The number of sulfonamides is 1. The van der Waals surface area contributed by atoms with Gasteiger partial charge in [-0.1, -0.05) is 29.8 Å². The Labute approximate surface area is 208 Å². The van der Waals surface area contributed by atoms with Crippen molar-refractivity contribution in [1.82, 2.24) is 0 Å². The lowest BCUT2D eigenvalue weighted by Crippen LogP contribution is -2.38. The van der Waals surface area contributed by atoms with E-state index in [9.17, 15) is 18.0 Å². The molecule has 35 heavy (non-hydrogen) atoms. The Morgan fingerprint density at radius 1 is 0.943 bits per heavy atom. The van der Waals surface area contributed by atoms with E-state index in [1.807, 2.05) is 0 Å². The number of carbonyl (C=O) groups is 2. The molecule has 184 valence electrons. The van der Waals surface area contributed by atoms with Crippen LogP contribution in [0.4, 0.5) is 11.4 Å². The standard InChI is InChI=1S/C24H23ClN2O7S/c1-32-17-10-12-21(22(14-17)33-2)27(35(30,31)18-7-5-4-6-8-18)15-23(28)26-16-9-11-20(25)19(13-16)24(29)34-3/h4-14H,15H2,1-3H3,(H,26,28). The minimum Gasteiger partial charge on any atom is -0.497 e. The van der Waals surface area contributed by atoms with Gasteiger partial charge in [-0.25, -0.2) is 13.2 Å². The van der Waals surface area contributed by atoms with Crippen molar-refractivity contribution in [2.45, 2.75) is 4.90 Å². The lowest BCUT2D eigenvalue weighted by atomic mass is 10.2. The van der Waals surface area contributed by atoms with Gasteiger partial charge in [-0.15, -0.1) is 0 Å². The molecule has 0 aliphatic heterocycles. The summed E-state index contributed by atoms with van der Waals surface area (Å²) < 4.78 is 43.3. The van der Waals surface area contributed by atoms with E-state index >= 15 is 0 Å². The minimum absolute atomic E-state index is 0.00913. The first-order valence-corrected chi connectivity index (χ1v) is 12.0. The molecule has 0 radical (unpaired) electrons. The number of halogens is 1. The van der Waals surface area contributed by atoms with Crippen LogP contribution in [-0.2, 0) is 19.6 Å². The number of nitrogens with zero attached hydrogens (tertiary/aromatic N) is 1. The summed E-state index contributed by atoms with van der Waals surface area (Å²) >= 11 is 6.03. The number of hydrogen-bond donors (Lipinski definition) is 1. The van der Waals surface area contributed by atoms with Crippen LogP contribution < -0.4 is 19.1 Å². The summed E-state index contributed by atoms with van der Waals surface area (Å²) in [6, 6.07) is 16.5. The molecule has 0 heterocycles. The molecule has 3 aromatic carbocycles. The largest absolute Gasteiger partial charge is 0.497 e. The second kappa shape index (κ2) is 11.1. The molecule has 3 aromatic rings. The number of rotatable bonds is 9. The van der Waals surface area contributed by atoms with Gasteiger partial charge >= 0.3 is 5.97 Å². The van der Waals surface area contributed by atoms with Gasteiger partial charge in [-0.05, 0) is 42.5 Å². The van der Waals surface area contributed by atoms with Gasteiger partial charge < -0.3 is 19.5 Å². The number of benzene rings is 3. The number of nitrogens with one attached hydrogen (secondary N) is 1. The van der Waals surface area contributed by atoms with E-state index in [-0.39, 0.29) is 32.6 Å². The second-order valence-corrected chi connectivity index (χ2v) is 9.37. The number of esters is 1. The molecular formula is C24H23ClN2O7S. The third-order valence-electron chi connectivity index (χ3n) is 4.93. The number of ether oxygens (including phenoxy) is 3. The zero-order chi connectivity index (χ0) is 25.6. The third kappa shape index (κ3) is 5.84. The molecule has 0 fully saturated rings. The van der Waals surface area contributed by atoms with Gasteiger partial charge in [0.25, 0.3) is 10.0 Å². The SMILES string of the molecule is COC(=O)c1cc(NC(=O)CN(c2ccc(OC)cc2OC)S(=O)(=O)c2ccccc2)ccc1Cl. The molecule has 1 N–H and O–H groups in total. The van der Waals surface area contributed by atoms with E-state index in [1.165, 1.54) is 63.8 Å². The maximum atomic E-state index is 13.6. The summed E-state index contributed by atoms with van der Waals surface area (Å²) in [5.41, 5.74) is 0.426. The Hall–Kier alpha value is -3.76. The Bertz CT molecular complexity index is 1330. The second-order valence-electron chi connectivity index (χ2n) is 7.10. The van der Waals surface area contributed by atoms with E-state index in [4.69, 9.17) is 21.1 Å². The first-order chi connectivity index (χ1) is 16.7. The van der Waals surface area contributed by atoms with Crippen LogP contribution in [0, 0.1) is 0 Å². The monoisotopic (exact) mass is 518 g/mol. The van der Waals surface area contributed by atoms with Gasteiger partial charge in [0.1, 0.15) is 18.0 Å². The van der Waals surface area contributed by atoms with Crippen LogP contribution >= 0.6 is 11.6 Å². The minimum atomic E-state index is -4.17. The third-order valence-corrected chi connectivity index (χ3v) is 7.03. The lowest BCUT2D eigenvalue weighted by molar-refractivity contribution is -0.114. The van der Waals surface area contributed by atoms with Crippen LogP contribution in [-0.4, -0.2) is 48.2 Å². The molecule has 9 nitrogen and oxygen atoms in total. The predicted molar refractivity (Wildman–Crippen MR) is 132 cm³/mol. The van der Waals surface area contributed by atoms with E-state index < -0.39 is 28.4 Å². The summed E-state index contributed by atoms with van der Waals surface area (Å²) in [5, 5.41) is 2.74. The molecule has 0 atom stereocenters. The zero-order valence-corrected chi connectivity index (χ0v) is 20.7. The van der Waals surface area contributed by atoms with Crippen molar-refractivity contribution < 1.29 is 32.2 Å². The van der Waals surface area contributed by atoms with Crippen LogP contribution in [0.5, 0.6) is 11.5 Å². The normalized spacial score (nSPS) is 10.9. The highest BCUT2D eigenvalue weighted by Gasteiger charge is 2.30. The highest BCUT2D eigenvalue weighted by Crippen LogP contribution is 2.35. The Balaban J connectivity index is 2.00. The van der Waals surface area contributed by atoms with Crippen molar-refractivity contribution in [2.24, 2.45) is 0 Å². The highest BCUT2D eigenvalue weighted by atomic mass is 35.5. The molecule has 0 saturated carbocycles. The summed E-state index contributed by atoms with van der Waals surface area (Å²) in [4.78, 5) is 24.9. The van der Waals surface area contributed by atoms with Gasteiger partial charge in [0.05, 0.1) is 42.5 Å². The molecule has 1 amide bonds. The molecule has 0 unspecified atom stereocenters. The van der Waals surface area contributed by atoms with Crippen molar-refractivity contribution in [2.75, 3.05) is 37.5 Å². The Morgan fingerprint density at radius 2 is 1.66 bits per heavy atom. The average Bonchev–Trinajstić information content (AvgIpc) is 2.88. The number of methoxy groups -OCH3 is 3. The number of hydrogen-bond acceptors (Lipinski definition) is 7. The fourth-order valence-electron chi connectivity index (χ4n) is 3.21. The number of carbonyl (C=O) groups excluding carboxylic acids is 2. The van der Waals surface area contributed by atoms with Crippen LogP contribution in [0.25, 0.3) is 0 Å². The fraction of sp³-hybridized carbons (Fsp3) is 0.167. The number of anilines is 2. The van der Waals surface area contributed by atoms with E-state index in [0.29, 0.717) is 5.75 Å². The topological polar surface area (TPSA) is 111 Å². The molecule has 0 aliphatic carbocycles. The van der Waals surface area contributed by atoms with Gasteiger partial charge in [-0.2, -0.15) is 0 Å². The molecule has 0 bridgehead atoms. The Morgan fingerprint density at radius 3 is 2.29 bits per heavy atom. The van der Waals surface area contributed by atoms with E-state index in [2.05, 4.69) is 10.1 Å². The molecule has 0 aromatic heterocycles. The van der Waals surface area contributed by atoms with Crippen LogP contribution in [0.2, 0.25) is 5.02 Å². The van der Waals surface area contributed by atoms with Crippen molar-refractivity contribution in [1.29, 1.82) is 0 Å². The van der Waals surface area contributed by atoms with Crippen molar-refractivity contribution >= 4 is 44.9 Å². The van der Waals surface area contributed by atoms with Gasteiger partial charge in [0.15, 0.2) is 0 Å². The summed E-state index contributed by atoms with van der Waals surface area (Å²) in [6.45, 7) is -0.587. The van der Waals surface area contributed by atoms with Gasteiger partial charge in [-0.3, -0.25) is 9.10 Å². The summed E-state index contributed by atoms with van der Waals surface area (Å²) in [5.74, 6) is -0.706. The van der Waals surface area contributed by atoms with Crippen molar-refractivity contribution in [3.8, 4) is 11.5 Å². The van der Waals surface area contributed by atoms with Gasteiger partial charge in [0, 0.05) is 11.8 Å². The van der Waals surface area contributed by atoms with E-state index in [0.717, 1.165) is 4.31 Å². The van der Waals surface area contributed by atoms with Crippen LogP contribution in [0.15, 0.2) is 71.6 Å². The summed E-state index contributed by atoms with van der Waals surface area (Å²) in [6.07, 6.45) is 0. The average molecular weight is 519 g/mol. The fourth-order valence-corrected chi connectivity index (χ4v) is 4.86. The van der Waals surface area contributed by atoms with Crippen LogP contribution in [0.1, 0.15) is 10.4 Å². The van der Waals surface area contributed by atoms with Crippen LogP contribution in [0.3, 0.4) is 0 Å². The molecule has 0 saturated heterocycles. The maximum Gasteiger partial charge on any atom is 0.339 e. The van der Waals surface area contributed by atoms with Gasteiger partial charge in [0.2, 0.25) is 5.91 Å². The maximum absolute atomic E-state index is 13.6. The van der Waals surface area contributed by atoms with Crippen molar-refractivity contribution in [3.05, 3.63) is 77.3 Å². The molecular weight excluding hydrogens is 496 g/mol. The Kier molecular flexibility index (Phi) is 8.21. The molecule has 3 rings (SSSR count). The first kappa shape index (κ1) is 25.9. The van der Waals surface area contributed by atoms with Crippen molar-refractivity contribution in [3.63, 3.8) is 0 Å². The molecule has 11 heteroatoms. The smallest absolute Gasteiger partial charge is 0.339 e. The molecule has 0 spiro atoms. The van der Waals surface area contributed by atoms with E-state index in [1.54, 1.807) is 24.3 Å².